The van der Waals surface area contributed by atoms with Crippen molar-refractivity contribution in [3.8, 4) is 0 Å². The van der Waals surface area contributed by atoms with Crippen molar-refractivity contribution in [1.29, 1.82) is 0 Å². The molecule has 8 heavy (non-hydrogen) atoms. The first kappa shape index (κ1) is 10.2. The summed E-state index contributed by atoms with van der Waals surface area (Å²) in [7, 11) is 0. The maximum atomic E-state index is 10.1. The molecule has 0 aromatic heterocycles. The normalized spacial score (nSPS) is 6.75. The molecule has 0 aliphatic carbocycles. The van der Waals surface area contributed by atoms with Gasteiger partial charge in [-0.25, -0.2) is 5.48 Å². The van der Waals surface area contributed by atoms with Crippen molar-refractivity contribution in [2.24, 2.45) is 0 Å². The summed E-state index contributed by atoms with van der Waals surface area (Å²) in [5.74, 6) is -0.542. The Morgan fingerprint density at radius 2 is 2.12 bits per heavy atom. The Morgan fingerprint density at radius 3 is 2.12 bits per heavy atom. The van der Waals surface area contributed by atoms with Gasteiger partial charge in [0, 0.05) is 5.57 Å². The van der Waals surface area contributed by atoms with Crippen molar-refractivity contribution in [2.75, 3.05) is 0 Å². The fourth-order valence-corrected chi connectivity index (χ4v) is 0.0954. The molecular weight excluding hydrogens is 106 g/mol. The Labute approximate surface area is 49.0 Å². The van der Waals surface area contributed by atoms with Gasteiger partial charge in [-0.15, -0.1) is 0 Å². The number of amides is 1. The Balaban J connectivity index is 0. The van der Waals surface area contributed by atoms with E-state index in [-0.39, 0.29) is 7.43 Å². The SMILES string of the molecule is C.C=C(C)C(=O)NO. The highest BCUT2D eigenvalue weighted by Crippen LogP contribution is 1.81. The second-order valence-electron chi connectivity index (χ2n) is 1.22. The van der Waals surface area contributed by atoms with E-state index >= 15 is 0 Å². The van der Waals surface area contributed by atoms with Gasteiger partial charge < -0.3 is 0 Å². The maximum absolute atomic E-state index is 10.1. The Bertz CT molecular complexity index is 98.6. The number of nitrogens with one attached hydrogen (secondary N) is 1. The number of hydrogen-bond acceptors (Lipinski definition) is 2. The highest BCUT2D eigenvalue weighted by atomic mass is 16.5. The van der Waals surface area contributed by atoms with Crippen LogP contribution in [0.4, 0.5) is 0 Å². The summed E-state index contributed by atoms with van der Waals surface area (Å²) in [6.07, 6.45) is 0. The van der Waals surface area contributed by atoms with Crippen LogP contribution in [0.1, 0.15) is 14.4 Å². The minimum absolute atomic E-state index is 0. The highest BCUT2D eigenvalue weighted by molar-refractivity contribution is 5.91. The van der Waals surface area contributed by atoms with Crippen molar-refractivity contribution in [3.63, 3.8) is 0 Å². The molecule has 48 valence electrons. The van der Waals surface area contributed by atoms with Crippen LogP contribution in [0.3, 0.4) is 0 Å². The molecule has 0 heterocycles. The minimum atomic E-state index is -0.542. The van der Waals surface area contributed by atoms with Gasteiger partial charge in [0.05, 0.1) is 0 Å². The lowest BCUT2D eigenvalue weighted by Crippen LogP contribution is -2.18. The third-order valence-electron chi connectivity index (χ3n) is 0.489. The molecule has 0 aliphatic rings. The fourth-order valence-electron chi connectivity index (χ4n) is 0.0954. The molecule has 0 atom stereocenters. The van der Waals surface area contributed by atoms with Gasteiger partial charge >= 0.3 is 0 Å². The van der Waals surface area contributed by atoms with Gasteiger partial charge in [0.2, 0.25) is 0 Å². The largest absolute Gasteiger partial charge is 0.288 e. The Kier molecular flexibility index (Phi) is 5.53. The minimum Gasteiger partial charge on any atom is -0.288 e. The molecule has 0 radical (unpaired) electrons. The zero-order valence-electron chi connectivity index (χ0n) is 4.06. The summed E-state index contributed by atoms with van der Waals surface area (Å²) < 4.78 is 0. The molecule has 0 unspecified atom stereocenters. The smallest absolute Gasteiger partial charge is 0.269 e. The molecule has 0 spiro atoms. The molecule has 3 nitrogen and oxygen atoms in total. The van der Waals surface area contributed by atoms with Crippen molar-refractivity contribution in [3.05, 3.63) is 12.2 Å². The van der Waals surface area contributed by atoms with E-state index in [9.17, 15) is 4.79 Å². The van der Waals surface area contributed by atoms with Crippen molar-refractivity contribution in [1.82, 2.24) is 5.48 Å². The second-order valence-corrected chi connectivity index (χ2v) is 1.22. The van der Waals surface area contributed by atoms with Crippen LogP contribution in [0.25, 0.3) is 0 Å². The Morgan fingerprint density at radius 1 is 1.75 bits per heavy atom. The molecule has 0 aromatic carbocycles. The van der Waals surface area contributed by atoms with Gasteiger partial charge in [0.1, 0.15) is 0 Å². The molecule has 2 N–H and O–H groups in total. The van der Waals surface area contributed by atoms with Crippen molar-refractivity contribution >= 4 is 5.91 Å². The first-order valence-electron chi connectivity index (χ1n) is 1.78. The van der Waals surface area contributed by atoms with Crippen LogP contribution in [0.2, 0.25) is 0 Å². The predicted molar refractivity (Wildman–Crippen MR) is 31.5 cm³/mol. The van der Waals surface area contributed by atoms with E-state index in [1.165, 1.54) is 12.4 Å². The van der Waals surface area contributed by atoms with Gasteiger partial charge in [-0.3, -0.25) is 10.0 Å². The summed E-state index contributed by atoms with van der Waals surface area (Å²) in [5.41, 5.74) is 1.72. The number of hydroxylamine groups is 1. The summed E-state index contributed by atoms with van der Waals surface area (Å²) in [6.45, 7) is 4.76. The molecule has 0 saturated carbocycles. The van der Waals surface area contributed by atoms with Crippen LogP contribution in [0, 0.1) is 0 Å². The van der Waals surface area contributed by atoms with Crippen LogP contribution in [0.15, 0.2) is 12.2 Å². The lowest BCUT2D eigenvalue weighted by molar-refractivity contribution is -0.125. The first-order valence-corrected chi connectivity index (χ1v) is 1.78. The molecule has 0 rings (SSSR count). The van der Waals surface area contributed by atoms with E-state index in [2.05, 4.69) is 6.58 Å². The third kappa shape index (κ3) is 3.36. The van der Waals surface area contributed by atoms with E-state index in [0.29, 0.717) is 5.57 Å². The Hall–Kier alpha value is -0.830. The van der Waals surface area contributed by atoms with E-state index in [1.807, 2.05) is 0 Å². The third-order valence-corrected chi connectivity index (χ3v) is 0.489. The van der Waals surface area contributed by atoms with Gasteiger partial charge in [-0.05, 0) is 6.92 Å². The maximum Gasteiger partial charge on any atom is 0.269 e. The number of carbonyl (C=O) groups excluding carboxylic acids is 1. The molecular formula is C5H11NO2. The monoisotopic (exact) mass is 117 g/mol. The lowest BCUT2D eigenvalue weighted by atomic mass is 10.3. The average molecular weight is 117 g/mol. The van der Waals surface area contributed by atoms with E-state index in [0.717, 1.165) is 0 Å². The van der Waals surface area contributed by atoms with Crippen molar-refractivity contribution < 1.29 is 10.0 Å². The first-order chi connectivity index (χ1) is 3.18. The number of rotatable bonds is 1. The highest BCUT2D eigenvalue weighted by Gasteiger charge is 1.94. The zero-order chi connectivity index (χ0) is 5.86. The predicted octanol–water partition coefficient (Wildman–Crippen LogP) is 0.704. The molecule has 0 fully saturated rings. The molecule has 1 amide bonds. The quantitative estimate of drug-likeness (QED) is 0.302. The fraction of sp³-hybridized carbons (Fsp3) is 0.400. The topological polar surface area (TPSA) is 49.3 Å². The van der Waals surface area contributed by atoms with Crippen LogP contribution < -0.4 is 5.48 Å². The summed E-state index contributed by atoms with van der Waals surface area (Å²) in [6, 6.07) is 0. The summed E-state index contributed by atoms with van der Waals surface area (Å²) >= 11 is 0. The summed E-state index contributed by atoms with van der Waals surface area (Å²) in [5, 5.41) is 7.84. The summed E-state index contributed by atoms with van der Waals surface area (Å²) in [4.78, 5) is 10.1. The standard InChI is InChI=1S/C4H7NO2.CH4/c1-3(2)4(6)5-7;/h7H,1H2,2H3,(H,5,6);1H4. The molecule has 0 aliphatic heterocycles. The van der Waals surface area contributed by atoms with Gasteiger partial charge in [-0.2, -0.15) is 0 Å². The van der Waals surface area contributed by atoms with E-state index in [4.69, 9.17) is 5.21 Å². The van der Waals surface area contributed by atoms with Crippen LogP contribution in [0.5, 0.6) is 0 Å². The van der Waals surface area contributed by atoms with Gasteiger partial charge in [0.25, 0.3) is 5.91 Å². The molecule has 0 aromatic rings. The molecule has 0 bridgehead atoms. The lowest BCUT2D eigenvalue weighted by Gasteiger charge is -1.90. The molecule has 0 saturated heterocycles. The number of hydrogen-bond donors (Lipinski definition) is 2. The molecule has 3 heteroatoms. The average Bonchev–Trinajstić information content (AvgIpc) is 1.65. The van der Waals surface area contributed by atoms with Gasteiger partial charge in [0.15, 0.2) is 0 Å². The second kappa shape index (κ2) is 4.33. The number of carbonyl (C=O) groups is 1. The van der Waals surface area contributed by atoms with Crippen LogP contribution in [-0.2, 0) is 4.79 Å². The van der Waals surface area contributed by atoms with Crippen LogP contribution in [-0.4, -0.2) is 11.1 Å². The van der Waals surface area contributed by atoms with Gasteiger partial charge in [-0.1, -0.05) is 14.0 Å². The van der Waals surface area contributed by atoms with E-state index in [1.54, 1.807) is 0 Å². The van der Waals surface area contributed by atoms with Crippen LogP contribution >= 0.6 is 0 Å². The van der Waals surface area contributed by atoms with Crippen molar-refractivity contribution in [2.45, 2.75) is 14.4 Å². The van der Waals surface area contributed by atoms with E-state index < -0.39 is 5.91 Å². The zero-order valence-corrected chi connectivity index (χ0v) is 4.06.